The third-order valence-corrected chi connectivity index (χ3v) is 2.17. The second-order valence-corrected chi connectivity index (χ2v) is 3.59. The fourth-order valence-corrected chi connectivity index (χ4v) is 1.57. The van der Waals surface area contributed by atoms with E-state index in [0.29, 0.717) is 9.99 Å². The summed E-state index contributed by atoms with van der Waals surface area (Å²) < 4.78 is 13.7. The van der Waals surface area contributed by atoms with Gasteiger partial charge in [0.05, 0.1) is 5.52 Å². The molecule has 1 aromatic carbocycles. The number of halogens is 2. The Bertz CT molecular complexity index is 523. The Labute approximate surface area is 85.9 Å². The summed E-state index contributed by atoms with van der Waals surface area (Å²) in [6.45, 7) is 0. The predicted octanol–water partition coefficient (Wildman–Crippen LogP) is 2.16. The summed E-state index contributed by atoms with van der Waals surface area (Å²) in [6.07, 6.45) is 0. The minimum atomic E-state index is -1.21. The van der Waals surface area contributed by atoms with Crippen LogP contribution in [0.3, 0.4) is 0 Å². The minimum absolute atomic E-state index is 0.0330. The van der Waals surface area contributed by atoms with Gasteiger partial charge in [0.2, 0.25) is 5.82 Å². The molecule has 0 amide bonds. The van der Waals surface area contributed by atoms with E-state index in [-0.39, 0.29) is 11.3 Å². The molecule has 0 spiro atoms. The Balaban J connectivity index is 2.76. The van der Waals surface area contributed by atoms with Crippen molar-refractivity contribution in [3.05, 3.63) is 28.2 Å². The molecule has 0 saturated carbocycles. The average molecular weight is 259 g/mol. The van der Waals surface area contributed by atoms with Gasteiger partial charge in [0.25, 0.3) is 0 Å². The van der Waals surface area contributed by atoms with Crippen molar-refractivity contribution in [3.63, 3.8) is 0 Å². The zero-order valence-electron chi connectivity index (χ0n) is 6.71. The van der Waals surface area contributed by atoms with E-state index >= 15 is 0 Å². The Morgan fingerprint density at radius 2 is 2.29 bits per heavy atom. The second kappa shape index (κ2) is 3.06. The third kappa shape index (κ3) is 1.37. The van der Waals surface area contributed by atoms with Gasteiger partial charge in [0.1, 0.15) is 5.52 Å². The van der Waals surface area contributed by atoms with Crippen molar-refractivity contribution in [2.45, 2.75) is 0 Å². The van der Waals surface area contributed by atoms with Crippen LogP contribution in [0, 0.1) is 5.82 Å². The summed E-state index contributed by atoms with van der Waals surface area (Å²) in [7, 11) is 0. The minimum Gasteiger partial charge on any atom is -0.475 e. The van der Waals surface area contributed by atoms with Gasteiger partial charge in [0.15, 0.2) is 5.82 Å². The van der Waals surface area contributed by atoms with Crippen molar-refractivity contribution in [1.82, 2.24) is 9.97 Å². The van der Waals surface area contributed by atoms with Gasteiger partial charge in [-0.25, -0.2) is 14.2 Å². The van der Waals surface area contributed by atoms with Crippen LogP contribution in [-0.2, 0) is 0 Å². The molecule has 72 valence electrons. The SMILES string of the molecule is O=C(O)c1nc2c(F)cc(Br)cc2[nH]1. The summed E-state index contributed by atoms with van der Waals surface area (Å²) in [5.74, 6) is -2.04. The van der Waals surface area contributed by atoms with Gasteiger partial charge in [-0.2, -0.15) is 0 Å². The van der Waals surface area contributed by atoms with Crippen LogP contribution in [0.5, 0.6) is 0 Å². The van der Waals surface area contributed by atoms with Crippen molar-refractivity contribution < 1.29 is 14.3 Å². The molecule has 2 N–H and O–H groups in total. The fourth-order valence-electron chi connectivity index (χ4n) is 1.14. The number of carboxylic acids is 1. The van der Waals surface area contributed by atoms with E-state index < -0.39 is 11.8 Å². The second-order valence-electron chi connectivity index (χ2n) is 2.67. The van der Waals surface area contributed by atoms with Gasteiger partial charge in [-0.3, -0.25) is 0 Å². The Hall–Kier alpha value is -1.43. The quantitative estimate of drug-likeness (QED) is 0.824. The molecule has 1 heterocycles. The van der Waals surface area contributed by atoms with Crippen LogP contribution in [0.25, 0.3) is 11.0 Å². The number of benzene rings is 1. The highest BCUT2D eigenvalue weighted by Crippen LogP contribution is 2.21. The van der Waals surface area contributed by atoms with Crippen LogP contribution in [0.15, 0.2) is 16.6 Å². The first kappa shape index (κ1) is 9.14. The molecular formula is C8H4BrFN2O2. The molecule has 0 aliphatic carbocycles. The molecule has 0 fully saturated rings. The van der Waals surface area contributed by atoms with Crippen LogP contribution >= 0.6 is 15.9 Å². The van der Waals surface area contributed by atoms with Gasteiger partial charge in [-0.15, -0.1) is 0 Å². The van der Waals surface area contributed by atoms with E-state index in [1.165, 1.54) is 6.07 Å². The molecule has 0 atom stereocenters. The monoisotopic (exact) mass is 258 g/mol. The molecular weight excluding hydrogens is 255 g/mol. The lowest BCUT2D eigenvalue weighted by Gasteiger charge is -1.91. The molecule has 2 aromatic rings. The molecule has 0 aliphatic rings. The Morgan fingerprint density at radius 1 is 1.57 bits per heavy atom. The number of aromatic amines is 1. The first-order chi connectivity index (χ1) is 6.58. The topological polar surface area (TPSA) is 66.0 Å². The third-order valence-electron chi connectivity index (χ3n) is 1.71. The average Bonchev–Trinajstić information content (AvgIpc) is 2.47. The van der Waals surface area contributed by atoms with E-state index in [1.807, 2.05) is 0 Å². The van der Waals surface area contributed by atoms with E-state index in [4.69, 9.17) is 5.11 Å². The number of aromatic carboxylic acids is 1. The number of fused-ring (bicyclic) bond motifs is 1. The lowest BCUT2D eigenvalue weighted by Crippen LogP contribution is -1.97. The van der Waals surface area contributed by atoms with Gasteiger partial charge >= 0.3 is 5.97 Å². The number of imidazole rings is 1. The highest BCUT2D eigenvalue weighted by molar-refractivity contribution is 9.10. The predicted molar refractivity (Wildman–Crippen MR) is 50.7 cm³/mol. The van der Waals surface area contributed by atoms with Crippen LogP contribution in [0.2, 0.25) is 0 Å². The van der Waals surface area contributed by atoms with E-state index in [1.54, 1.807) is 6.07 Å². The largest absolute Gasteiger partial charge is 0.475 e. The molecule has 0 radical (unpaired) electrons. The molecule has 4 nitrogen and oxygen atoms in total. The number of rotatable bonds is 1. The number of aromatic nitrogens is 2. The molecule has 0 saturated heterocycles. The number of hydrogen-bond acceptors (Lipinski definition) is 2. The summed E-state index contributed by atoms with van der Waals surface area (Å²) in [5.41, 5.74) is 0.389. The molecule has 0 unspecified atom stereocenters. The first-order valence-corrected chi connectivity index (χ1v) is 4.45. The Kier molecular flexibility index (Phi) is 1.99. The lowest BCUT2D eigenvalue weighted by molar-refractivity contribution is 0.0685. The number of nitrogens with one attached hydrogen (secondary N) is 1. The van der Waals surface area contributed by atoms with Gasteiger partial charge in [0, 0.05) is 4.47 Å². The van der Waals surface area contributed by atoms with E-state index in [2.05, 4.69) is 25.9 Å². The summed E-state index contributed by atoms with van der Waals surface area (Å²) in [6, 6.07) is 2.80. The normalized spacial score (nSPS) is 10.7. The summed E-state index contributed by atoms with van der Waals surface area (Å²) >= 11 is 3.09. The van der Waals surface area contributed by atoms with Crippen LogP contribution in [0.1, 0.15) is 10.6 Å². The molecule has 6 heteroatoms. The lowest BCUT2D eigenvalue weighted by atomic mass is 10.3. The van der Waals surface area contributed by atoms with Crippen molar-refractivity contribution in [2.75, 3.05) is 0 Å². The zero-order chi connectivity index (χ0) is 10.3. The first-order valence-electron chi connectivity index (χ1n) is 3.66. The van der Waals surface area contributed by atoms with Crippen LogP contribution in [0.4, 0.5) is 4.39 Å². The van der Waals surface area contributed by atoms with E-state index in [0.717, 1.165) is 0 Å². The summed E-state index contributed by atoms with van der Waals surface area (Å²) in [4.78, 5) is 16.6. The summed E-state index contributed by atoms with van der Waals surface area (Å²) in [5, 5.41) is 8.62. The number of H-pyrrole nitrogens is 1. The number of carbonyl (C=O) groups is 1. The van der Waals surface area contributed by atoms with E-state index in [9.17, 15) is 9.18 Å². The van der Waals surface area contributed by atoms with Crippen LogP contribution < -0.4 is 0 Å². The van der Waals surface area contributed by atoms with Gasteiger partial charge in [-0.1, -0.05) is 15.9 Å². The van der Waals surface area contributed by atoms with Crippen LogP contribution in [-0.4, -0.2) is 21.0 Å². The molecule has 14 heavy (non-hydrogen) atoms. The van der Waals surface area contributed by atoms with Crippen molar-refractivity contribution in [1.29, 1.82) is 0 Å². The van der Waals surface area contributed by atoms with Gasteiger partial charge < -0.3 is 10.1 Å². The Morgan fingerprint density at radius 3 is 2.93 bits per heavy atom. The highest BCUT2D eigenvalue weighted by atomic mass is 79.9. The molecule has 0 bridgehead atoms. The van der Waals surface area contributed by atoms with Crippen molar-refractivity contribution in [2.24, 2.45) is 0 Å². The highest BCUT2D eigenvalue weighted by Gasteiger charge is 2.12. The zero-order valence-corrected chi connectivity index (χ0v) is 8.30. The standard InChI is InChI=1S/C8H4BrFN2O2/c9-3-1-4(10)6-5(2-3)11-7(12-6)8(13)14/h1-2H,(H,11,12)(H,13,14). The molecule has 1 aromatic heterocycles. The molecule has 2 rings (SSSR count). The van der Waals surface area contributed by atoms with Crippen molar-refractivity contribution >= 4 is 32.9 Å². The maximum Gasteiger partial charge on any atom is 0.371 e. The number of nitrogens with zero attached hydrogens (tertiary/aromatic N) is 1. The maximum absolute atomic E-state index is 13.2. The van der Waals surface area contributed by atoms with Crippen molar-refractivity contribution in [3.8, 4) is 0 Å². The molecule has 0 aliphatic heterocycles. The maximum atomic E-state index is 13.2. The number of hydrogen-bond donors (Lipinski definition) is 2. The number of carboxylic acid groups (broad SMARTS) is 1. The fraction of sp³-hybridized carbons (Fsp3) is 0. The van der Waals surface area contributed by atoms with Gasteiger partial charge in [-0.05, 0) is 12.1 Å². The smallest absolute Gasteiger partial charge is 0.371 e.